The highest BCUT2D eigenvalue weighted by molar-refractivity contribution is 8.03. The molecule has 0 amide bonds. The lowest BCUT2D eigenvalue weighted by molar-refractivity contribution is 0.612. The molecular weight excluding hydrogens is 308 g/mol. The number of benzene rings is 2. The smallest absolute Gasteiger partial charge is 0.0118 e. The van der Waals surface area contributed by atoms with E-state index in [1.54, 1.807) is 0 Å². The van der Waals surface area contributed by atoms with Crippen LogP contribution in [-0.4, -0.2) is 0 Å². The summed E-state index contributed by atoms with van der Waals surface area (Å²) >= 11 is 1.94. The number of aryl methyl sites for hydroxylation is 1. The molecule has 24 heavy (non-hydrogen) atoms. The zero-order valence-electron chi connectivity index (χ0n) is 14.7. The Bertz CT molecular complexity index is 639. The molecule has 0 radical (unpaired) electrons. The van der Waals surface area contributed by atoms with Crippen LogP contribution in [0.5, 0.6) is 0 Å². The normalized spacial score (nSPS) is 17.5. The van der Waals surface area contributed by atoms with Crippen LogP contribution in [0.25, 0.3) is 0 Å². The molecule has 1 heteroatoms. The molecule has 1 unspecified atom stereocenters. The molecule has 0 bridgehead atoms. The highest BCUT2D eigenvalue weighted by Gasteiger charge is 2.16. The summed E-state index contributed by atoms with van der Waals surface area (Å²) in [5.41, 5.74) is 3.02. The topological polar surface area (TPSA) is 0 Å². The molecule has 0 N–H and O–H groups in total. The lowest BCUT2D eigenvalue weighted by Crippen LogP contribution is -2.03. The van der Waals surface area contributed by atoms with E-state index in [9.17, 15) is 0 Å². The molecule has 0 saturated heterocycles. The van der Waals surface area contributed by atoms with Gasteiger partial charge in [0.15, 0.2) is 0 Å². The third kappa shape index (κ3) is 5.01. The second-order valence-electron chi connectivity index (χ2n) is 6.76. The van der Waals surface area contributed by atoms with Gasteiger partial charge in [-0.3, -0.25) is 0 Å². The summed E-state index contributed by atoms with van der Waals surface area (Å²) in [7, 11) is 0. The van der Waals surface area contributed by atoms with Gasteiger partial charge in [-0.1, -0.05) is 80.1 Å². The van der Waals surface area contributed by atoms with E-state index < -0.39 is 0 Å². The SMILES string of the molecule is CCCCCc1ccc(C2CC=C(Sc3ccccc3)CC2)cc1. The molecule has 2 aromatic carbocycles. The summed E-state index contributed by atoms with van der Waals surface area (Å²) in [6.07, 6.45) is 11.3. The third-order valence-electron chi connectivity index (χ3n) is 4.88. The minimum absolute atomic E-state index is 0.704. The van der Waals surface area contributed by atoms with Gasteiger partial charge >= 0.3 is 0 Å². The van der Waals surface area contributed by atoms with E-state index in [0.29, 0.717) is 5.92 Å². The molecule has 1 atom stereocenters. The van der Waals surface area contributed by atoms with Gasteiger partial charge in [0.25, 0.3) is 0 Å². The predicted octanol–water partition coefficient (Wildman–Crippen LogP) is 7.36. The average Bonchev–Trinajstić information content (AvgIpc) is 2.64. The van der Waals surface area contributed by atoms with E-state index in [0.717, 1.165) is 0 Å². The van der Waals surface area contributed by atoms with E-state index in [2.05, 4.69) is 67.6 Å². The van der Waals surface area contributed by atoms with Crippen LogP contribution in [0, 0.1) is 0 Å². The minimum Gasteiger partial charge on any atom is -0.0949 e. The summed E-state index contributed by atoms with van der Waals surface area (Å²) in [5.74, 6) is 0.704. The first-order chi connectivity index (χ1) is 11.8. The summed E-state index contributed by atoms with van der Waals surface area (Å²) in [6, 6.07) is 20.2. The second-order valence-corrected chi connectivity index (χ2v) is 7.96. The van der Waals surface area contributed by atoms with Gasteiger partial charge in [0.05, 0.1) is 0 Å². The number of hydrogen-bond acceptors (Lipinski definition) is 1. The lowest BCUT2D eigenvalue weighted by Gasteiger charge is -2.22. The molecule has 126 valence electrons. The molecule has 1 aliphatic rings. The van der Waals surface area contributed by atoms with E-state index >= 15 is 0 Å². The quantitative estimate of drug-likeness (QED) is 0.476. The summed E-state index contributed by atoms with van der Waals surface area (Å²) in [4.78, 5) is 2.90. The largest absolute Gasteiger partial charge is 0.0949 e. The van der Waals surface area contributed by atoms with Gasteiger partial charge in [-0.2, -0.15) is 0 Å². The van der Waals surface area contributed by atoms with Crippen LogP contribution in [0.2, 0.25) is 0 Å². The molecule has 0 heterocycles. The Hall–Kier alpha value is -1.47. The van der Waals surface area contributed by atoms with Crippen LogP contribution in [0.15, 0.2) is 70.5 Å². The van der Waals surface area contributed by atoms with E-state index in [-0.39, 0.29) is 0 Å². The van der Waals surface area contributed by atoms with Gasteiger partial charge in [0, 0.05) is 4.90 Å². The first-order valence-electron chi connectivity index (χ1n) is 9.36. The molecule has 1 aliphatic carbocycles. The van der Waals surface area contributed by atoms with Crippen molar-refractivity contribution in [3.63, 3.8) is 0 Å². The van der Waals surface area contributed by atoms with Crippen LogP contribution < -0.4 is 0 Å². The monoisotopic (exact) mass is 336 g/mol. The molecule has 0 aromatic heterocycles. The first-order valence-corrected chi connectivity index (χ1v) is 10.2. The van der Waals surface area contributed by atoms with Crippen molar-refractivity contribution in [1.82, 2.24) is 0 Å². The highest BCUT2D eigenvalue weighted by atomic mass is 32.2. The zero-order valence-corrected chi connectivity index (χ0v) is 15.5. The Morgan fingerprint density at radius 1 is 0.958 bits per heavy atom. The molecular formula is C23H28S. The molecule has 0 spiro atoms. The Morgan fingerprint density at radius 3 is 2.42 bits per heavy atom. The van der Waals surface area contributed by atoms with Crippen LogP contribution >= 0.6 is 11.8 Å². The van der Waals surface area contributed by atoms with E-state index in [1.807, 2.05) is 11.8 Å². The van der Waals surface area contributed by atoms with Crippen molar-refractivity contribution < 1.29 is 0 Å². The van der Waals surface area contributed by atoms with E-state index in [4.69, 9.17) is 0 Å². The standard InChI is InChI=1S/C23H28S/c1-2-3-5-8-19-11-13-20(14-12-19)21-15-17-23(18-16-21)24-22-9-6-4-7-10-22/h4,6-7,9-14,17,21H,2-3,5,8,15-16,18H2,1H3. The fourth-order valence-corrected chi connectivity index (χ4v) is 4.38. The summed E-state index contributed by atoms with van der Waals surface area (Å²) in [5, 5.41) is 0. The highest BCUT2D eigenvalue weighted by Crippen LogP contribution is 2.39. The molecule has 0 saturated carbocycles. The third-order valence-corrected chi connectivity index (χ3v) is 6.02. The fourth-order valence-electron chi connectivity index (χ4n) is 3.38. The van der Waals surface area contributed by atoms with Gasteiger partial charge in [-0.25, -0.2) is 0 Å². The van der Waals surface area contributed by atoms with Crippen molar-refractivity contribution >= 4 is 11.8 Å². The molecule has 0 fully saturated rings. The molecule has 3 rings (SSSR count). The van der Waals surface area contributed by atoms with Gasteiger partial charge < -0.3 is 0 Å². The number of thioether (sulfide) groups is 1. The maximum absolute atomic E-state index is 2.46. The zero-order chi connectivity index (χ0) is 16.6. The fraction of sp³-hybridized carbons (Fsp3) is 0.391. The Labute approximate surface area is 151 Å². The number of allylic oxidation sites excluding steroid dienone is 2. The first kappa shape index (κ1) is 17.4. The Kier molecular flexibility index (Phi) is 6.60. The maximum atomic E-state index is 2.46. The Balaban J connectivity index is 1.54. The lowest BCUT2D eigenvalue weighted by atomic mass is 9.87. The van der Waals surface area contributed by atoms with Crippen molar-refractivity contribution in [3.05, 3.63) is 76.7 Å². The van der Waals surface area contributed by atoms with Gasteiger partial charge in [0.1, 0.15) is 0 Å². The Morgan fingerprint density at radius 2 is 1.75 bits per heavy atom. The van der Waals surface area contributed by atoms with Crippen LogP contribution in [0.4, 0.5) is 0 Å². The number of hydrogen-bond donors (Lipinski definition) is 0. The predicted molar refractivity (Wildman–Crippen MR) is 107 cm³/mol. The second kappa shape index (κ2) is 9.13. The van der Waals surface area contributed by atoms with Crippen LogP contribution in [0.1, 0.15) is 62.5 Å². The summed E-state index contributed by atoms with van der Waals surface area (Å²) < 4.78 is 0. The number of unbranched alkanes of at least 4 members (excludes halogenated alkanes) is 2. The van der Waals surface area contributed by atoms with Gasteiger partial charge in [0.2, 0.25) is 0 Å². The maximum Gasteiger partial charge on any atom is 0.0118 e. The minimum atomic E-state index is 0.704. The van der Waals surface area contributed by atoms with Crippen molar-refractivity contribution in [3.8, 4) is 0 Å². The average molecular weight is 337 g/mol. The van der Waals surface area contributed by atoms with Gasteiger partial charge in [-0.05, 0) is 66.2 Å². The molecule has 2 aromatic rings. The summed E-state index contributed by atoms with van der Waals surface area (Å²) in [6.45, 7) is 2.27. The van der Waals surface area contributed by atoms with Gasteiger partial charge in [-0.15, -0.1) is 0 Å². The molecule has 0 nitrogen and oxygen atoms in total. The van der Waals surface area contributed by atoms with Crippen molar-refractivity contribution in [2.45, 2.75) is 62.7 Å². The van der Waals surface area contributed by atoms with Crippen molar-refractivity contribution in [1.29, 1.82) is 0 Å². The molecule has 0 aliphatic heterocycles. The van der Waals surface area contributed by atoms with Crippen LogP contribution in [0.3, 0.4) is 0 Å². The van der Waals surface area contributed by atoms with Crippen molar-refractivity contribution in [2.24, 2.45) is 0 Å². The van der Waals surface area contributed by atoms with Crippen molar-refractivity contribution in [2.75, 3.05) is 0 Å². The van der Waals surface area contributed by atoms with E-state index in [1.165, 1.54) is 65.9 Å². The van der Waals surface area contributed by atoms with Crippen LogP contribution in [-0.2, 0) is 6.42 Å². The number of rotatable bonds is 7.